The zero-order chi connectivity index (χ0) is 32.8. The number of aromatic nitrogens is 2. The Morgan fingerprint density at radius 2 is 2.04 bits per heavy atom. The van der Waals surface area contributed by atoms with E-state index in [1.165, 1.54) is 35.3 Å². The number of amides is 3. The van der Waals surface area contributed by atoms with Gasteiger partial charge in [-0.2, -0.15) is 11.8 Å². The van der Waals surface area contributed by atoms with Crippen LogP contribution in [-0.4, -0.2) is 101 Å². The Morgan fingerprint density at radius 3 is 2.69 bits per heavy atom. The molecule has 2 aromatic rings. The van der Waals surface area contributed by atoms with Crippen molar-refractivity contribution in [2.45, 2.75) is 34.5 Å². The number of anilines is 1. The number of hydrogen-bond acceptors (Lipinski definition) is 15. The Bertz CT molecular complexity index is 1590. The van der Waals surface area contributed by atoms with Gasteiger partial charge in [0.05, 0.1) is 6.42 Å². The molecule has 21 heteroatoms. The van der Waals surface area contributed by atoms with Gasteiger partial charge in [-0.05, 0) is 11.6 Å². The maximum absolute atomic E-state index is 13.1. The van der Waals surface area contributed by atoms with Crippen molar-refractivity contribution < 1.29 is 39.4 Å². The molecule has 0 radical (unpaired) electrons. The van der Waals surface area contributed by atoms with E-state index < -0.39 is 52.8 Å². The zero-order valence-corrected chi connectivity index (χ0v) is 26.9. The van der Waals surface area contributed by atoms with Crippen LogP contribution in [0, 0.1) is 0 Å². The van der Waals surface area contributed by atoms with Crippen molar-refractivity contribution in [1.82, 2.24) is 25.5 Å². The molecule has 0 bridgehead atoms. The first-order chi connectivity index (χ1) is 21.4. The number of thiazole rings is 1. The number of halogens is 1. The first kappa shape index (κ1) is 34.3. The molecule has 2 aliphatic rings. The van der Waals surface area contributed by atoms with E-state index >= 15 is 0 Å². The van der Waals surface area contributed by atoms with Gasteiger partial charge in [0.25, 0.3) is 11.8 Å². The van der Waals surface area contributed by atoms with Crippen LogP contribution in [0.25, 0.3) is 0 Å². The van der Waals surface area contributed by atoms with Crippen LogP contribution in [0.2, 0.25) is 4.34 Å². The summed E-state index contributed by atoms with van der Waals surface area (Å²) in [5.41, 5.74) is 10.9. The van der Waals surface area contributed by atoms with Gasteiger partial charge in [-0.15, -0.1) is 11.8 Å². The van der Waals surface area contributed by atoms with Crippen LogP contribution in [-0.2, 0) is 29.7 Å². The summed E-state index contributed by atoms with van der Waals surface area (Å²) < 4.78 is 0.0145. The number of nitrogens with one attached hydrogen (secondary N) is 2. The fraction of sp³-hybridized carbons (Fsp3) is 0.333. The molecule has 0 spiro atoms. The highest BCUT2D eigenvalue weighted by Crippen LogP contribution is 2.46. The molecule has 2 aromatic heterocycles. The number of β-lactam (4-membered cyclic amide) rings is 1. The number of nitrogens with two attached hydrogens (primary N) is 2. The number of carbonyl (C=O) groups is 5. The van der Waals surface area contributed by atoms with Crippen LogP contribution >= 0.6 is 58.2 Å². The molecule has 3 atom stereocenters. The second-order valence-electron chi connectivity index (χ2n) is 9.20. The van der Waals surface area contributed by atoms with Gasteiger partial charge in [-0.25, -0.2) is 9.78 Å². The lowest BCUT2D eigenvalue weighted by Gasteiger charge is -2.49. The summed E-state index contributed by atoms with van der Waals surface area (Å²) in [6, 6.07) is -0.640. The van der Waals surface area contributed by atoms with Gasteiger partial charge in [0.2, 0.25) is 5.91 Å². The van der Waals surface area contributed by atoms with E-state index in [0.717, 1.165) is 26.7 Å². The number of pyridine rings is 1. The number of thioether (sulfide) groups is 3. The normalized spacial score (nSPS) is 18.6. The minimum absolute atomic E-state index is 0.0145. The molecule has 45 heavy (non-hydrogen) atoms. The quantitative estimate of drug-likeness (QED) is 0.0464. The van der Waals surface area contributed by atoms with Gasteiger partial charge >= 0.3 is 11.9 Å². The first-order valence-corrected chi connectivity index (χ1v) is 16.9. The summed E-state index contributed by atoms with van der Waals surface area (Å²) in [5.74, 6) is -3.43. The first-order valence-electron chi connectivity index (χ1n) is 12.7. The highest BCUT2D eigenvalue weighted by atomic mass is 35.5. The standard InChI is InChI=1S/C24H25ClN8O8S4/c25-18-14(31-24(27)45-18)15(32-41)19(35)30-16-20(36)33-17(23(39)40)12(8-43-21(16)33)44-11-1-2-28-6-9(11)7-42-4-3-29-13(34)5-10(26)22(37)38/h1-2,6,10,16,21,41H,3-5,7-8,26H2,(H2,27,31)(H,29,34)(H,30,35)(H,37,38)(H,39,40)/b32-15-/t10-,16+,21-/m0/s1. The number of carboxylic acids is 2. The minimum atomic E-state index is -1.31. The average Bonchev–Trinajstić information content (AvgIpc) is 3.33. The predicted octanol–water partition coefficient (Wildman–Crippen LogP) is 0.592. The number of rotatable bonds is 14. The van der Waals surface area contributed by atoms with Crippen molar-refractivity contribution in [2.75, 3.05) is 23.8 Å². The molecule has 4 heterocycles. The molecule has 240 valence electrons. The van der Waals surface area contributed by atoms with Crippen LogP contribution < -0.4 is 22.1 Å². The fourth-order valence-corrected chi connectivity index (χ4v) is 8.53. The third-order valence-electron chi connectivity index (χ3n) is 6.20. The number of nitrogen functional groups attached to an aromatic ring is 1. The van der Waals surface area contributed by atoms with Crippen molar-refractivity contribution in [1.29, 1.82) is 0 Å². The Labute approximate surface area is 276 Å². The summed E-state index contributed by atoms with van der Waals surface area (Å²) in [5, 5.41) is 35.6. The average molecular weight is 717 g/mol. The number of carboxylic acid groups (broad SMARTS) is 2. The van der Waals surface area contributed by atoms with Crippen LogP contribution in [0.1, 0.15) is 17.7 Å². The minimum Gasteiger partial charge on any atom is -0.480 e. The summed E-state index contributed by atoms with van der Waals surface area (Å²) >= 11 is 10.8. The fourth-order valence-electron chi connectivity index (χ4n) is 4.10. The van der Waals surface area contributed by atoms with Crippen molar-refractivity contribution in [3.63, 3.8) is 0 Å². The molecule has 9 N–H and O–H groups in total. The number of fused-ring (bicyclic) bond motifs is 1. The lowest BCUT2D eigenvalue weighted by atomic mass is 10.0. The molecule has 0 aliphatic carbocycles. The van der Waals surface area contributed by atoms with E-state index in [9.17, 15) is 34.3 Å². The lowest BCUT2D eigenvalue weighted by Crippen LogP contribution is -2.71. The van der Waals surface area contributed by atoms with Crippen LogP contribution in [0.3, 0.4) is 0 Å². The lowest BCUT2D eigenvalue weighted by molar-refractivity contribution is -0.150. The molecular weight excluding hydrogens is 692 g/mol. The second kappa shape index (κ2) is 15.1. The Balaban J connectivity index is 1.39. The van der Waals surface area contributed by atoms with Crippen LogP contribution in [0.15, 0.2) is 39.1 Å². The number of nitrogens with zero attached hydrogens (tertiary/aromatic N) is 4. The SMILES string of the molecule is Nc1nc(/C(=N/O)C(=O)N[C@@H]2C(=O)N3C(C(=O)O)=C(Sc4ccncc4CSCCNC(=O)C[C@H](N)C(=O)O)CS[C@@H]23)c(Cl)s1. The molecular formula is C24H25ClN8O8S4. The molecule has 2 aliphatic heterocycles. The van der Waals surface area contributed by atoms with Gasteiger partial charge < -0.3 is 37.5 Å². The summed E-state index contributed by atoms with van der Waals surface area (Å²) in [6.07, 6.45) is 2.87. The van der Waals surface area contributed by atoms with Crippen molar-refractivity contribution >= 4 is 98.7 Å². The smallest absolute Gasteiger partial charge is 0.353 e. The molecule has 1 saturated heterocycles. The summed E-state index contributed by atoms with van der Waals surface area (Å²) in [4.78, 5) is 71.2. The maximum atomic E-state index is 13.1. The zero-order valence-electron chi connectivity index (χ0n) is 22.8. The third kappa shape index (κ3) is 8.00. The largest absolute Gasteiger partial charge is 0.480 e. The topological polar surface area (TPSA) is 264 Å². The molecule has 0 unspecified atom stereocenters. The Kier molecular flexibility index (Phi) is 11.6. The van der Waals surface area contributed by atoms with Gasteiger partial charge in [0, 0.05) is 46.0 Å². The van der Waals surface area contributed by atoms with E-state index in [1.807, 2.05) is 0 Å². The Morgan fingerprint density at radius 1 is 1.29 bits per heavy atom. The highest BCUT2D eigenvalue weighted by molar-refractivity contribution is 8.06. The molecule has 0 aromatic carbocycles. The molecule has 1 fully saturated rings. The van der Waals surface area contributed by atoms with Crippen molar-refractivity contribution in [3.05, 3.63) is 44.7 Å². The summed E-state index contributed by atoms with van der Waals surface area (Å²) in [6.45, 7) is 0.288. The van der Waals surface area contributed by atoms with Crippen molar-refractivity contribution in [3.8, 4) is 0 Å². The summed E-state index contributed by atoms with van der Waals surface area (Å²) in [7, 11) is 0. The third-order valence-corrected chi connectivity index (χ3v) is 11.0. The van der Waals surface area contributed by atoms with Crippen molar-refractivity contribution in [2.24, 2.45) is 10.9 Å². The van der Waals surface area contributed by atoms with E-state index in [2.05, 4.69) is 25.8 Å². The van der Waals surface area contributed by atoms with E-state index in [0.29, 0.717) is 16.4 Å². The van der Waals surface area contributed by atoms with Gasteiger partial charge in [0.15, 0.2) is 10.8 Å². The second-order valence-corrected chi connectivity index (χ2v) is 14.2. The monoisotopic (exact) mass is 716 g/mol. The van der Waals surface area contributed by atoms with E-state index in [4.69, 9.17) is 28.2 Å². The predicted molar refractivity (Wildman–Crippen MR) is 169 cm³/mol. The number of hydrogen-bond donors (Lipinski definition) is 7. The van der Waals surface area contributed by atoms with Gasteiger partial charge in [-0.3, -0.25) is 29.1 Å². The van der Waals surface area contributed by atoms with Crippen LogP contribution in [0.5, 0.6) is 0 Å². The molecule has 16 nitrogen and oxygen atoms in total. The van der Waals surface area contributed by atoms with E-state index in [-0.39, 0.29) is 39.6 Å². The molecule has 4 rings (SSSR count). The molecule has 3 amide bonds. The Hall–Kier alpha value is -3.56. The van der Waals surface area contributed by atoms with Crippen LogP contribution in [0.4, 0.5) is 5.13 Å². The number of oxime groups is 1. The molecule has 0 saturated carbocycles. The number of aliphatic carboxylic acids is 2. The number of carbonyl (C=O) groups excluding carboxylic acids is 3. The van der Waals surface area contributed by atoms with Gasteiger partial charge in [0.1, 0.15) is 33.2 Å². The maximum Gasteiger partial charge on any atom is 0.353 e. The van der Waals surface area contributed by atoms with E-state index in [1.54, 1.807) is 18.5 Å². The highest BCUT2D eigenvalue weighted by Gasteiger charge is 2.54. The van der Waals surface area contributed by atoms with Gasteiger partial charge in [-0.1, -0.05) is 39.9 Å².